The third-order valence-corrected chi connectivity index (χ3v) is 13.8. The number of hydrogen-bond acceptors (Lipinski definition) is 4. The number of carbonyl (C=O) groups excluding carboxylic acids is 1. The molecule has 0 aromatic heterocycles. The standard InChI is InChI=1S/C59H102O4/c1-9-11-13-15-17-19-21-23-25-27-28-30-32-34-36-38-40-46-59(50-42-44-54(60)52(48-50)57(3,4)5,51-43-45-55(61)53(49-51)58(6,7)8)56(62)63-47-41-39-37-35-33-31-29-26-24-22-20-18-16-14-12-10-2/h42-45,48-49,60-61H,9-41,46-47H2,1-8H3. The Morgan fingerprint density at radius 2 is 0.683 bits per heavy atom. The number of unbranched alkanes of at least 4 members (excludes halogenated alkanes) is 31. The summed E-state index contributed by atoms with van der Waals surface area (Å²) in [6, 6.07) is 11.5. The Morgan fingerprint density at radius 1 is 0.413 bits per heavy atom. The molecule has 0 aliphatic heterocycles. The Balaban J connectivity index is 2.04. The number of hydrogen-bond donors (Lipinski definition) is 2. The van der Waals surface area contributed by atoms with Gasteiger partial charge in [0.1, 0.15) is 16.9 Å². The third kappa shape index (κ3) is 23.0. The fourth-order valence-corrected chi connectivity index (χ4v) is 9.65. The number of phenolic OH excluding ortho intramolecular Hbond substituents is 2. The molecule has 2 rings (SSSR count). The van der Waals surface area contributed by atoms with Gasteiger partial charge in [-0.25, -0.2) is 0 Å². The van der Waals surface area contributed by atoms with E-state index in [9.17, 15) is 15.0 Å². The van der Waals surface area contributed by atoms with Crippen LogP contribution in [0.15, 0.2) is 36.4 Å². The van der Waals surface area contributed by atoms with Crippen LogP contribution in [0.1, 0.15) is 296 Å². The second kappa shape index (κ2) is 33.1. The lowest BCUT2D eigenvalue weighted by Crippen LogP contribution is -2.39. The molecule has 0 amide bonds. The highest BCUT2D eigenvalue weighted by atomic mass is 16.5. The van der Waals surface area contributed by atoms with Crippen molar-refractivity contribution in [2.45, 2.75) is 290 Å². The molecule has 0 saturated carbocycles. The molecule has 2 N–H and O–H groups in total. The van der Waals surface area contributed by atoms with E-state index in [4.69, 9.17) is 4.74 Å². The minimum Gasteiger partial charge on any atom is -0.508 e. The minimum absolute atomic E-state index is 0.212. The first-order valence-electron chi connectivity index (χ1n) is 27.1. The molecule has 4 heteroatoms. The van der Waals surface area contributed by atoms with E-state index in [2.05, 4.69) is 67.5 Å². The number of aromatic hydroxyl groups is 2. The summed E-state index contributed by atoms with van der Waals surface area (Å²) in [6.07, 6.45) is 43.8. The van der Waals surface area contributed by atoms with E-state index in [-0.39, 0.29) is 28.3 Å². The summed E-state index contributed by atoms with van der Waals surface area (Å²) in [5.74, 6) is 0.289. The summed E-state index contributed by atoms with van der Waals surface area (Å²) < 4.78 is 6.37. The summed E-state index contributed by atoms with van der Waals surface area (Å²) in [5.41, 5.74) is 1.69. The Labute approximate surface area is 391 Å². The average Bonchev–Trinajstić information content (AvgIpc) is 3.24. The molecule has 4 nitrogen and oxygen atoms in total. The van der Waals surface area contributed by atoms with Crippen molar-refractivity contribution in [3.8, 4) is 11.5 Å². The molecule has 0 saturated heterocycles. The predicted octanol–water partition coefficient (Wildman–Crippen LogP) is 18.8. The van der Waals surface area contributed by atoms with Crippen molar-refractivity contribution in [2.75, 3.05) is 6.61 Å². The molecular weight excluding hydrogens is 773 g/mol. The molecule has 63 heavy (non-hydrogen) atoms. The quantitative estimate of drug-likeness (QED) is 0.0521. The molecule has 362 valence electrons. The van der Waals surface area contributed by atoms with Crippen LogP contribution >= 0.6 is 0 Å². The van der Waals surface area contributed by atoms with E-state index in [1.54, 1.807) is 12.1 Å². The molecule has 2 aromatic rings. The predicted molar refractivity (Wildman–Crippen MR) is 274 cm³/mol. The van der Waals surface area contributed by atoms with E-state index in [1.165, 1.54) is 180 Å². The smallest absolute Gasteiger partial charge is 0.321 e. The lowest BCUT2D eigenvalue weighted by atomic mass is 9.68. The van der Waals surface area contributed by atoms with Crippen molar-refractivity contribution < 1.29 is 19.7 Å². The average molecular weight is 875 g/mol. The number of phenols is 2. The second-order valence-corrected chi connectivity index (χ2v) is 21.7. The molecule has 2 aromatic carbocycles. The van der Waals surface area contributed by atoms with Gasteiger partial charge in [0.05, 0.1) is 6.61 Å². The highest BCUT2D eigenvalue weighted by Crippen LogP contribution is 2.45. The normalized spacial score (nSPS) is 12.3. The lowest BCUT2D eigenvalue weighted by Gasteiger charge is -2.35. The molecule has 0 radical (unpaired) electrons. The van der Waals surface area contributed by atoms with E-state index in [0.717, 1.165) is 54.4 Å². The summed E-state index contributed by atoms with van der Waals surface area (Å²) in [4.78, 5) is 15.0. The second-order valence-electron chi connectivity index (χ2n) is 21.7. The summed E-state index contributed by atoms with van der Waals surface area (Å²) in [6.45, 7) is 17.6. The van der Waals surface area contributed by atoms with Crippen LogP contribution in [0.4, 0.5) is 0 Å². The Bertz CT molecular complexity index is 1380. The van der Waals surface area contributed by atoms with E-state index >= 15 is 0 Å². The molecule has 0 heterocycles. The molecule has 0 atom stereocenters. The summed E-state index contributed by atoms with van der Waals surface area (Å²) in [7, 11) is 0. The first-order chi connectivity index (χ1) is 30.3. The van der Waals surface area contributed by atoms with Gasteiger partial charge in [0.25, 0.3) is 0 Å². The number of carbonyl (C=O) groups is 1. The maximum absolute atomic E-state index is 15.0. The SMILES string of the molecule is CCCCCCCCCCCCCCCCCCCC(C(=O)OCCCCCCCCCCCCCCCCCC)(c1ccc(O)c(C(C)(C)C)c1)c1ccc(O)c(C(C)(C)C)c1. The number of esters is 1. The monoisotopic (exact) mass is 875 g/mol. The van der Waals surface area contributed by atoms with Gasteiger partial charge in [-0.3, -0.25) is 4.79 Å². The van der Waals surface area contributed by atoms with Gasteiger partial charge < -0.3 is 14.9 Å². The molecule has 0 unspecified atom stereocenters. The highest BCUT2D eigenvalue weighted by molar-refractivity contribution is 5.88. The van der Waals surface area contributed by atoms with Crippen LogP contribution in [0, 0.1) is 0 Å². The van der Waals surface area contributed by atoms with Crippen molar-refractivity contribution in [1.82, 2.24) is 0 Å². The van der Waals surface area contributed by atoms with Gasteiger partial charge in [0.15, 0.2) is 0 Å². The molecular formula is C59H102O4. The molecule has 0 aliphatic carbocycles. The molecule has 0 fully saturated rings. The fraction of sp³-hybridized carbons (Fsp3) is 0.780. The van der Waals surface area contributed by atoms with Crippen LogP contribution in [0.3, 0.4) is 0 Å². The van der Waals surface area contributed by atoms with Crippen molar-refractivity contribution in [2.24, 2.45) is 0 Å². The number of rotatable bonds is 38. The van der Waals surface area contributed by atoms with Gasteiger partial charge >= 0.3 is 5.97 Å². The Morgan fingerprint density at radius 3 is 0.968 bits per heavy atom. The largest absolute Gasteiger partial charge is 0.508 e. The number of benzene rings is 2. The zero-order valence-electron chi connectivity index (χ0n) is 42.9. The van der Waals surface area contributed by atoms with Crippen LogP contribution < -0.4 is 0 Å². The van der Waals surface area contributed by atoms with Crippen molar-refractivity contribution >= 4 is 5.97 Å². The molecule has 0 aliphatic rings. The maximum atomic E-state index is 15.0. The van der Waals surface area contributed by atoms with Crippen LogP contribution in [0.5, 0.6) is 11.5 Å². The van der Waals surface area contributed by atoms with Gasteiger partial charge in [0, 0.05) is 0 Å². The highest BCUT2D eigenvalue weighted by Gasteiger charge is 2.44. The fourth-order valence-electron chi connectivity index (χ4n) is 9.65. The van der Waals surface area contributed by atoms with Gasteiger partial charge in [-0.05, 0) is 58.1 Å². The van der Waals surface area contributed by atoms with E-state index < -0.39 is 5.41 Å². The van der Waals surface area contributed by atoms with Crippen molar-refractivity contribution in [3.63, 3.8) is 0 Å². The van der Waals surface area contributed by atoms with Crippen LogP contribution in [0.2, 0.25) is 0 Å². The lowest BCUT2D eigenvalue weighted by molar-refractivity contribution is -0.149. The van der Waals surface area contributed by atoms with Gasteiger partial charge in [0.2, 0.25) is 0 Å². The zero-order valence-corrected chi connectivity index (χ0v) is 42.9. The Hall–Kier alpha value is -2.49. The maximum Gasteiger partial charge on any atom is 0.321 e. The van der Waals surface area contributed by atoms with Crippen molar-refractivity contribution in [1.29, 1.82) is 0 Å². The third-order valence-electron chi connectivity index (χ3n) is 13.8. The minimum atomic E-state index is -1.06. The van der Waals surface area contributed by atoms with Crippen LogP contribution in [-0.4, -0.2) is 22.8 Å². The van der Waals surface area contributed by atoms with Gasteiger partial charge in [-0.15, -0.1) is 0 Å². The molecule has 0 bridgehead atoms. The van der Waals surface area contributed by atoms with Crippen LogP contribution in [0.25, 0.3) is 0 Å². The first kappa shape index (κ1) is 56.6. The topological polar surface area (TPSA) is 66.8 Å². The summed E-state index contributed by atoms with van der Waals surface area (Å²) >= 11 is 0. The zero-order chi connectivity index (χ0) is 46.2. The van der Waals surface area contributed by atoms with E-state index in [0.29, 0.717) is 13.0 Å². The van der Waals surface area contributed by atoms with Crippen LogP contribution in [-0.2, 0) is 25.8 Å². The van der Waals surface area contributed by atoms with Crippen molar-refractivity contribution in [3.05, 3.63) is 58.7 Å². The van der Waals surface area contributed by atoms with E-state index in [1.807, 2.05) is 12.1 Å². The Kier molecular flexibility index (Phi) is 29.7. The number of ether oxygens (including phenoxy) is 1. The summed E-state index contributed by atoms with van der Waals surface area (Å²) in [5, 5.41) is 22.2. The molecule has 0 spiro atoms. The van der Waals surface area contributed by atoms with Gasteiger partial charge in [-0.2, -0.15) is 0 Å². The van der Waals surface area contributed by atoms with Gasteiger partial charge in [-0.1, -0.05) is 285 Å². The first-order valence-corrected chi connectivity index (χ1v) is 27.1.